The number of esters is 4. The van der Waals surface area contributed by atoms with Gasteiger partial charge in [-0.15, -0.1) is 0 Å². The van der Waals surface area contributed by atoms with Gasteiger partial charge in [-0.3, -0.25) is 24.0 Å². The lowest BCUT2D eigenvalue weighted by atomic mass is 9.41. The lowest BCUT2D eigenvalue weighted by molar-refractivity contribution is -0.280. The first-order valence-electron chi connectivity index (χ1n) is 16.7. The van der Waals surface area contributed by atoms with E-state index in [0.29, 0.717) is 30.4 Å². The van der Waals surface area contributed by atoms with Crippen LogP contribution in [0.4, 0.5) is 0 Å². The summed E-state index contributed by atoms with van der Waals surface area (Å²) >= 11 is 0. The van der Waals surface area contributed by atoms with E-state index in [-0.39, 0.29) is 24.8 Å². The molecule has 2 bridgehead atoms. The summed E-state index contributed by atoms with van der Waals surface area (Å²) in [7, 11) is 1.29. The zero-order chi connectivity index (χ0) is 34.5. The first kappa shape index (κ1) is 33.4. The standard InChI is InChI=1S/C36H46O11/c1-9-19(4)30(41)47-35-17-33(6)23(15-24(37)43-8)34(35,7)21-10-12-32(5)22(14-25(38)45-28(32)20-11-13-44-16-20)26(21)27(39)36(35,42)31(33)46-29(40)18(2)3/h11,13,16,18-19,21,23,28,31,42H,9-10,12,14-15,17H2,1-8H3/t19-,21?,23-,28-,31-,32+,33+,34-,35-,36+/m0/s1. The summed E-state index contributed by atoms with van der Waals surface area (Å²) in [4.78, 5) is 68.9. The molecule has 47 heavy (non-hydrogen) atoms. The summed E-state index contributed by atoms with van der Waals surface area (Å²) in [5.41, 5.74) is -6.06. The van der Waals surface area contributed by atoms with Crippen molar-refractivity contribution in [3.63, 3.8) is 0 Å². The van der Waals surface area contributed by atoms with Gasteiger partial charge in [0.25, 0.3) is 0 Å². The number of rotatable bonds is 8. The molecule has 0 spiro atoms. The molecule has 1 unspecified atom stereocenters. The van der Waals surface area contributed by atoms with Crippen molar-refractivity contribution in [3.05, 3.63) is 35.3 Å². The number of ketones is 1. The SMILES string of the molecule is CC[C@H](C)C(=O)O[C@]12C[C@@]3(C)[C@H](OC(=O)C(C)C)[C@]1(O)C(=O)C1=C4CC(=O)O[C@@H](c5ccoc5)[C@]4(C)CCC1[C@@]2(C)[C@H]3CC(=O)OC. The molecule has 1 aromatic rings. The highest BCUT2D eigenvalue weighted by molar-refractivity contribution is 6.08. The van der Waals surface area contributed by atoms with Crippen molar-refractivity contribution in [3.8, 4) is 0 Å². The molecule has 11 heteroatoms. The van der Waals surface area contributed by atoms with Crippen molar-refractivity contribution in [1.29, 1.82) is 0 Å². The molecule has 5 aliphatic rings. The number of furan rings is 1. The third kappa shape index (κ3) is 4.10. The van der Waals surface area contributed by atoms with Gasteiger partial charge in [0.05, 0.1) is 37.9 Å². The fourth-order valence-corrected chi connectivity index (χ4v) is 10.2. The maximum absolute atomic E-state index is 15.3. The Bertz CT molecular complexity index is 1560. The molecule has 11 nitrogen and oxygen atoms in total. The summed E-state index contributed by atoms with van der Waals surface area (Å²) in [5, 5.41) is 13.2. The molecule has 10 atom stereocenters. The lowest BCUT2D eigenvalue weighted by Gasteiger charge is -2.66. The Labute approximate surface area is 274 Å². The zero-order valence-corrected chi connectivity index (χ0v) is 28.5. The second-order valence-electron chi connectivity index (χ2n) is 15.4. The van der Waals surface area contributed by atoms with Crippen LogP contribution < -0.4 is 0 Å². The molecule has 1 aliphatic heterocycles. The van der Waals surface area contributed by atoms with Gasteiger partial charge in [0.1, 0.15) is 12.2 Å². The Morgan fingerprint density at radius 2 is 1.81 bits per heavy atom. The van der Waals surface area contributed by atoms with Crippen molar-refractivity contribution in [1.82, 2.24) is 0 Å². The normalized spacial score (nSPS) is 40.8. The highest BCUT2D eigenvalue weighted by Gasteiger charge is 2.92. The number of methoxy groups -OCH3 is 1. The first-order chi connectivity index (χ1) is 22.0. The highest BCUT2D eigenvalue weighted by atomic mass is 16.6. The molecule has 0 amide bonds. The molecule has 4 aliphatic carbocycles. The van der Waals surface area contributed by atoms with Crippen LogP contribution >= 0.6 is 0 Å². The van der Waals surface area contributed by atoms with Crippen LogP contribution in [0.15, 0.2) is 34.2 Å². The number of carbonyl (C=O) groups excluding carboxylic acids is 5. The van der Waals surface area contributed by atoms with Crippen molar-refractivity contribution < 1.29 is 52.4 Å². The van der Waals surface area contributed by atoms with Crippen LogP contribution in [0, 0.1) is 39.9 Å². The van der Waals surface area contributed by atoms with Crippen molar-refractivity contribution in [2.24, 2.45) is 39.9 Å². The largest absolute Gasteiger partial charge is 0.472 e. The molecule has 1 aromatic heterocycles. The van der Waals surface area contributed by atoms with E-state index in [9.17, 15) is 24.3 Å². The van der Waals surface area contributed by atoms with Gasteiger partial charge in [0, 0.05) is 40.2 Å². The lowest BCUT2D eigenvalue weighted by Crippen LogP contribution is -2.79. The average molecular weight is 655 g/mol. The highest BCUT2D eigenvalue weighted by Crippen LogP contribution is 2.81. The minimum atomic E-state index is -2.50. The predicted molar refractivity (Wildman–Crippen MR) is 164 cm³/mol. The molecule has 1 saturated heterocycles. The van der Waals surface area contributed by atoms with Gasteiger partial charge in [-0.05, 0) is 42.7 Å². The van der Waals surface area contributed by atoms with Crippen molar-refractivity contribution in [2.45, 2.75) is 110 Å². The van der Waals surface area contributed by atoms with E-state index in [2.05, 4.69) is 0 Å². The number of ether oxygens (including phenoxy) is 4. The van der Waals surface area contributed by atoms with Crippen LogP contribution in [0.25, 0.3) is 0 Å². The molecule has 6 rings (SSSR count). The topological polar surface area (TPSA) is 156 Å². The minimum absolute atomic E-state index is 0.00527. The summed E-state index contributed by atoms with van der Waals surface area (Å²) in [5.74, 6) is -5.36. The molecule has 4 fully saturated rings. The van der Waals surface area contributed by atoms with E-state index in [4.69, 9.17) is 23.4 Å². The average Bonchev–Trinajstić information content (AvgIpc) is 3.68. The van der Waals surface area contributed by atoms with E-state index in [1.54, 1.807) is 33.8 Å². The van der Waals surface area contributed by atoms with Gasteiger partial charge in [0.15, 0.2) is 11.4 Å². The van der Waals surface area contributed by atoms with Gasteiger partial charge < -0.3 is 28.5 Å². The zero-order valence-electron chi connectivity index (χ0n) is 28.5. The van der Waals surface area contributed by atoms with Crippen molar-refractivity contribution in [2.75, 3.05) is 7.11 Å². The van der Waals surface area contributed by atoms with Crippen LogP contribution in [0.5, 0.6) is 0 Å². The molecule has 0 radical (unpaired) electrons. The van der Waals surface area contributed by atoms with Crippen LogP contribution in [0.2, 0.25) is 0 Å². The van der Waals surface area contributed by atoms with Gasteiger partial charge >= 0.3 is 23.9 Å². The Hall–Kier alpha value is -3.47. The van der Waals surface area contributed by atoms with Gasteiger partial charge in [0.2, 0.25) is 5.60 Å². The number of aliphatic hydroxyl groups is 1. The Kier molecular flexibility index (Phi) is 7.66. The van der Waals surface area contributed by atoms with E-state index in [0.717, 1.165) is 0 Å². The number of hydrogen-bond donors (Lipinski definition) is 1. The second kappa shape index (κ2) is 10.8. The van der Waals surface area contributed by atoms with Gasteiger partial charge in [-0.2, -0.15) is 0 Å². The molecule has 0 aromatic carbocycles. The molecular weight excluding hydrogens is 608 g/mol. The smallest absolute Gasteiger partial charge is 0.310 e. The predicted octanol–water partition coefficient (Wildman–Crippen LogP) is 4.80. The number of hydrogen-bond acceptors (Lipinski definition) is 11. The molecule has 2 heterocycles. The quantitative estimate of drug-likeness (QED) is 0.304. The van der Waals surface area contributed by atoms with Crippen LogP contribution in [-0.4, -0.2) is 59.2 Å². The summed E-state index contributed by atoms with van der Waals surface area (Å²) in [6.45, 7) is 12.5. The van der Waals surface area contributed by atoms with E-state index >= 15 is 4.79 Å². The second-order valence-corrected chi connectivity index (χ2v) is 15.4. The molecule has 1 N–H and O–H groups in total. The van der Waals surface area contributed by atoms with Gasteiger partial charge in [-0.1, -0.05) is 48.5 Å². The van der Waals surface area contributed by atoms with E-state index in [1.807, 2.05) is 20.8 Å². The minimum Gasteiger partial charge on any atom is -0.472 e. The van der Waals surface area contributed by atoms with Crippen molar-refractivity contribution >= 4 is 29.7 Å². The van der Waals surface area contributed by atoms with E-state index in [1.165, 1.54) is 19.6 Å². The number of Topliss-reactive ketones (excluding diaryl/α,β-unsaturated/α-hetero) is 1. The number of fused-ring (bicyclic) bond motifs is 4. The molecule has 256 valence electrons. The summed E-state index contributed by atoms with van der Waals surface area (Å²) in [6.07, 6.45) is 1.90. The Balaban J connectivity index is 1.65. The summed E-state index contributed by atoms with van der Waals surface area (Å²) < 4.78 is 29.0. The Morgan fingerprint density at radius 3 is 2.40 bits per heavy atom. The van der Waals surface area contributed by atoms with Gasteiger partial charge in [-0.25, -0.2) is 0 Å². The first-order valence-corrected chi connectivity index (χ1v) is 16.7. The third-order valence-electron chi connectivity index (χ3n) is 12.8. The van der Waals surface area contributed by atoms with Crippen LogP contribution in [-0.2, 0) is 42.9 Å². The fraction of sp³-hybridized carbons (Fsp3) is 0.694. The number of carbonyl (C=O) groups is 5. The van der Waals surface area contributed by atoms with Crippen LogP contribution in [0.3, 0.4) is 0 Å². The third-order valence-corrected chi connectivity index (χ3v) is 12.8. The maximum Gasteiger partial charge on any atom is 0.310 e. The Morgan fingerprint density at radius 1 is 1.11 bits per heavy atom. The van der Waals surface area contributed by atoms with Crippen LogP contribution in [0.1, 0.15) is 98.7 Å². The molecule has 3 saturated carbocycles. The molecular formula is C36H46O11. The monoisotopic (exact) mass is 654 g/mol. The van der Waals surface area contributed by atoms with E-state index < -0.39 is 93.0 Å². The number of cyclic esters (lactones) is 1. The summed E-state index contributed by atoms with van der Waals surface area (Å²) in [6, 6.07) is 1.72. The fourth-order valence-electron chi connectivity index (χ4n) is 10.2. The maximum atomic E-state index is 15.3.